The molecule has 0 aliphatic rings. The number of methoxy groups -OCH3 is 1. The average molecular weight is 337 g/mol. The summed E-state index contributed by atoms with van der Waals surface area (Å²) in [6, 6.07) is 13.4. The van der Waals surface area contributed by atoms with Crippen molar-refractivity contribution >= 4 is 11.6 Å². The Hall–Kier alpha value is -1.75. The maximum Gasteiger partial charge on any atom is 0.179 e. The number of halogens is 1. The molecular weight excluding hydrogens is 314 g/mol. The lowest BCUT2D eigenvalue weighted by Crippen LogP contribution is -2.83. The molecule has 0 unspecified atom stereocenters. The third-order valence-corrected chi connectivity index (χ3v) is 3.81. The molecule has 0 bridgehead atoms. The minimum Gasteiger partial charge on any atom is -0.491 e. The topological polar surface area (TPSA) is 55.3 Å². The Kier molecular flexibility index (Phi) is 6.71. The first kappa shape index (κ1) is 17.6. The van der Waals surface area contributed by atoms with E-state index in [2.05, 4.69) is 0 Å². The van der Waals surface area contributed by atoms with Crippen LogP contribution in [-0.2, 0) is 6.54 Å². The molecule has 0 aromatic heterocycles. The maximum atomic E-state index is 10.2. The number of nitrogens with two attached hydrogens (primary N) is 1. The second kappa shape index (κ2) is 8.77. The standard InChI is InChI=1S/C18H22ClNO3/c1-3-23-17-10-13(9-15(19)18(17)22-2)11-20-12-16(21)14-7-5-4-6-8-14/h4-10,16,20-21H,3,11-12H2,1-2H3/p+1/t16-/m1/s1. The number of aliphatic hydroxyl groups excluding tert-OH is 1. The highest BCUT2D eigenvalue weighted by atomic mass is 35.5. The molecule has 0 amide bonds. The lowest BCUT2D eigenvalue weighted by molar-refractivity contribution is -0.677. The highest BCUT2D eigenvalue weighted by Gasteiger charge is 2.13. The zero-order chi connectivity index (χ0) is 16.7. The normalized spacial score (nSPS) is 12.0. The van der Waals surface area contributed by atoms with E-state index in [0.717, 1.165) is 11.1 Å². The van der Waals surface area contributed by atoms with Crippen LogP contribution in [0.4, 0.5) is 0 Å². The van der Waals surface area contributed by atoms with E-state index < -0.39 is 6.10 Å². The van der Waals surface area contributed by atoms with Crippen molar-refractivity contribution < 1.29 is 19.9 Å². The number of aliphatic hydroxyl groups is 1. The summed E-state index contributed by atoms with van der Waals surface area (Å²) >= 11 is 6.24. The summed E-state index contributed by atoms with van der Waals surface area (Å²) in [5.74, 6) is 1.20. The van der Waals surface area contributed by atoms with Crippen molar-refractivity contribution in [3.8, 4) is 11.5 Å². The first-order valence-electron chi connectivity index (χ1n) is 7.69. The van der Waals surface area contributed by atoms with Gasteiger partial charge in [-0.1, -0.05) is 41.9 Å². The van der Waals surface area contributed by atoms with E-state index in [4.69, 9.17) is 21.1 Å². The molecule has 3 N–H and O–H groups in total. The van der Waals surface area contributed by atoms with Crippen molar-refractivity contribution in [1.82, 2.24) is 0 Å². The van der Waals surface area contributed by atoms with Crippen LogP contribution in [0.25, 0.3) is 0 Å². The van der Waals surface area contributed by atoms with Gasteiger partial charge in [-0.3, -0.25) is 0 Å². The van der Waals surface area contributed by atoms with Crippen molar-refractivity contribution in [1.29, 1.82) is 0 Å². The van der Waals surface area contributed by atoms with Gasteiger partial charge in [0.05, 0.1) is 18.7 Å². The molecule has 0 saturated heterocycles. The lowest BCUT2D eigenvalue weighted by Gasteiger charge is -2.13. The van der Waals surface area contributed by atoms with E-state index in [-0.39, 0.29) is 0 Å². The van der Waals surface area contributed by atoms with E-state index in [1.54, 1.807) is 7.11 Å². The van der Waals surface area contributed by atoms with Crippen molar-refractivity contribution in [2.24, 2.45) is 0 Å². The number of ether oxygens (including phenoxy) is 2. The molecule has 124 valence electrons. The molecule has 2 aromatic carbocycles. The van der Waals surface area contributed by atoms with Gasteiger partial charge in [-0.15, -0.1) is 0 Å². The SMILES string of the molecule is CCOc1cc(C[NH2+]C[C@@H](O)c2ccccc2)cc(Cl)c1OC. The second-order valence-corrected chi connectivity index (χ2v) is 5.60. The quantitative estimate of drug-likeness (QED) is 0.779. The van der Waals surface area contributed by atoms with Crippen LogP contribution in [0, 0.1) is 0 Å². The molecular formula is C18H23ClNO3+. The number of benzene rings is 2. The zero-order valence-electron chi connectivity index (χ0n) is 13.5. The van der Waals surface area contributed by atoms with E-state index in [1.165, 1.54) is 0 Å². The van der Waals surface area contributed by atoms with Crippen LogP contribution in [0.1, 0.15) is 24.2 Å². The Morgan fingerprint density at radius 1 is 1.22 bits per heavy atom. The highest BCUT2D eigenvalue weighted by Crippen LogP contribution is 2.36. The van der Waals surface area contributed by atoms with Gasteiger partial charge in [-0.05, 0) is 24.6 Å². The minimum absolute atomic E-state index is 0.490. The molecule has 0 aliphatic heterocycles. The molecule has 0 heterocycles. The number of quaternary nitrogens is 1. The number of hydrogen-bond acceptors (Lipinski definition) is 3. The molecule has 5 heteroatoms. The zero-order valence-corrected chi connectivity index (χ0v) is 14.2. The van der Waals surface area contributed by atoms with Gasteiger partial charge in [0.15, 0.2) is 11.5 Å². The molecule has 0 spiro atoms. The van der Waals surface area contributed by atoms with Crippen LogP contribution in [0.2, 0.25) is 5.02 Å². The first-order chi connectivity index (χ1) is 11.2. The van der Waals surface area contributed by atoms with Gasteiger partial charge in [0, 0.05) is 5.56 Å². The number of hydrogen-bond donors (Lipinski definition) is 2. The summed E-state index contributed by atoms with van der Waals surface area (Å²) in [4.78, 5) is 0. The van der Waals surface area contributed by atoms with Gasteiger partial charge < -0.3 is 19.9 Å². The summed E-state index contributed by atoms with van der Waals surface area (Å²) in [7, 11) is 1.58. The van der Waals surface area contributed by atoms with Gasteiger partial charge in [0.1, 0.15) is 19.2 Å². The van der Waals surface area contributed by atoms with Gasteiger partial charge in [0.25, 0.3) is 0 Å². The smallest absolute Gasteiger partial charge is 0.179 e. The molecule has 0 radical (unpaired) electrons. The summed E-state index contributed by atoms with van der Waals surface area (Å²) in [5, 5.41) is 12.8. The van der Waals surface area contributed by atoms with Crippen LogP contribution in [0.5, 0.6) is 11.5 Å². The third-order valence-electron chi connectivity index (χ3n) is 3.53. The third kappa shape index (κ3) is 4.86. The van der Waals surface area contributed by atoms with Crippen LogP contribution in [-0.4, -0.2) is 25.4 Å². The molecule has 1 atom stereocenters. The van der Waals surface area contributed by atoms with Crippen molar-refractivity contribution in [3.05, 3.63) is 58.6 Å². The van der Waals surface area contributed by atoms with Crippen LogP contribution < -0.4 is 14.8 Å². The van der Waals surface area contributed by atoms with Crippen LogP contribution >= 0.6 is 11.6 Å². The summed E-state index contributed by atoms with van der Waals surface area (Å²) in [5.41, 5.74) is 1.95. The second-order valence-electron chi connectivity index (χ2n) is 5.20. The van der Waals surface area contributed by atoms with E-state index in [0.29, 0.717) is 36.2 Å². The molecule has 23 heavy (non-hydrogen) atoms. The van der Waals surface area contributed by atoms with E-state index in [1.807, 2.05) is 54.7 Å². The molecule has 2 rings (SSSR count). The van der Waals surface area contributed by atoms with Gasteiger partial charge in [-0.25, -0.2) is 0 Å². The predicted octanol–water partition coefficient (Wildman–Crippen LogP) is 2.54. The molecule has 0 saturated carbocycles. The summed E-state index contributed by atoms with van der Waals surface area (Å²) in [6.45, 7) is 3.75. The maximum absolute atomic E-state index is 10.2. The van der Waals surface area contributed by atoms with E-state index in [9.17, 15) is 5.11 Å². The Morgan fingerprint density at radius 2 is 1.96 bits per heavy atom. The average Bonchev–Trinajstić information content (AvgIpc) is 2.56. The fourth-order valence-corrected chi connectivity index (χ4v) is 2.73. The van der Waals surface area contributed by atoms with E-state index >= 15 is 0 Å². The largest absolute Gasteiger partial charge is 0.491 e. The summed E-state index contributed by atoms with van der Waals surface area (Å²) in [6.07, 6.45) is -0.490. The fourth-order valence-electron chi connectivity index (χ4n) is 2.42. The Labute approximate surface area is 142 Å². The lowest BCUT2D eigenvalue weighted by atomic mass is 10.1. The first-order valence-corrected chi connectivity index (χ1v) is 8.07. The molecule has 2 aromatic rings. The van der Waals surface area contributed by atoms with Crippen LogP contribution in [0.15, 0.2) is 42.5 Å². The minimum atomic E-state index is -0.490. The van der Waals surface area contributed by atoms with Gasteiger partial charge in [0.2, 0.25) is 0 Å². The Bertz CT molecular complexity index is 619. The fraction of sp³-hybridized carbons (Fsp3) is 0.333. The molecule has 0 aliphatic carbocycles. The van der Waals surface area contributed by atoms with Gasteiger partial charge in [-0.2, -0.15) is 0 Å². The predicted molar refractivity (Wildman–Crippen MR) is 91.1 cm³/mol. The highest BCUT2D eigenvalue weighted by molar-refractivity contribution is 6.32. The van der Waals surface area contributed by atoms with Crippen molar-refractivity contribution in [3.63, 3.8) is 0 Å². The van der Waals surface area contributed by atoms with Crippen LogP contribution in [0.3, 0.4) is 0 Å². The summed E-state index contributed by atoms with van der Waals surface area (Å²) < 4.78 is 10.9. The van der Waals surface area contributed by atoms with Gasteiger partial charge >= 0.3 is 0 Å². The Balaban J connectivity index is 1.98. The Morgan fingerprint density at radius 3 is 2.61 bits per heavy atom. The van der Waals surface area contributed by atoms with Crippen molar-refractivity contribution in [2.45, 2.75) is 19.6 Å². The van der Waals surface area contributed by atoms with Crippen molar-refractivity contribution in [2.75, 3.05) is 20.3 Å². The molecule has 0 fully saturated rings. The number of rotatable bonds is 8. The monoisotopic (exact) mass is 336 g/mol. The molecule has 4 nitrogen and oxygen atoms in total.